The summed E-state index contributed by atoms with van der Waals surface area (Å²) in [7, 11) is 0. The minimum absolute atomic E-state index is 0. The van der Waals surface area contributed by atoms with Gasteiger partial charge < -0.3 is 15.8 Å². The van der Waals surface area contributed by atoms with Gasteiger partial charge in [0.25, 0.3) is 0 Å². The normalized spacial score (nSPS) is 10.6. The van der Waals surface area contributed by atoms with E-state index in [9.17, 15) is 4.79 Å². The van der Waals surface area contributed by atoms with Crippen LogP contribution < -0.4 is 15.8 Å². The van der Waals surface area contributed by atoms with E-state index in [1.165, 1.54) is 0 Å². The van der Waals surface area contributed by atoms with E-state index in [-0.39, 0.29) is 30.5 Å². The number of ether oxygens (including phenoxy) is 1. The number of halogens is 1. The number of rotatable bonds is 4. The van der Waals surface area contributed by atoms with Crippen LogP contribution in [0, 0.1) is 6.92 Å². The first-order valence-electron chi connectivity index (χ1n) is 6.07. The molecule has 0 saturated carbocycles. The van der Waals surface area contributed by atoms with Crippen molar-refractivity contribution < 1.29 is 9.53 Å². The zero-order chi connectivity index (χ0) is 13.8. The fourth-order valence-electron chi connectivity index (χ4n) is 1.50. The molecule has 5 heteroatoms. The Hall–Kier alpha value is -1.26. The third-order valence-electron chi connectivity index (χ3n) is 2.30. The second-order valence-corrected chi connectivity index (χ2v) is 5.31. The summed E-state index contributed by atoms with van der Waals surface area (Å²) in [4.78, 5) is 11.2. The molecule has 19 heavy (non-hydrogen) atoms. The summed E-state index contributed by atoms with van der Waals surface area (Å²) in [6.07, 6.45) is 0. The number of nitrogens with two attached hydrogens (primary N) is 1. The van der Waals surface area contributed by atoms with Gasteiger partial charge in [-0.2, -0.15) is 0 Å². The molecule has 0 unspecified atom stereocenters. The topological polar surface area (TPSA) is 64.4 Å². The van der Waals surface area contributed by atoms with Gasteiger partial charge in [0.2, 0.25) is 5.91 Å². The van der Waals surface area contributed by atoms with Gasteiger partial charge in [-0.1, -0.05) is 12.1 Å². The Balaban J connectivity index is 0.00000324. The first kappa shape index (κ1) is 17.7. The Morgan fingerprint density at radius 1 is 1.37 bits per heavy atom. The molecule has 0 atom stereocenters. The van der Waals surface area contributed by atoms with E-state index in [2.05, 4.69) is 5.32 Å². The van der Waals surface area contributed by atoms with Gasteiger partial charge >= 0.3 is 0 Å². The van der Waals surface area contributed by atoms with E-state index in [4.69, 9.17) is 10.5 Å². The molecule has 4 nitrogen and oxygen atoms in total. The highest BCUT2D eigenvalue weighted by atomic mass is 35.5. The van der Waals surface area contributed by atoms with Crippen molar-refractivity contribution in [3.8, 4) is 5.75 Å². The molecule has 1 aromatic carbocycles. The van der Waals surface area contributed by atoms with Crippen LogP contribution in [-0.4, -0.2) is 18.1 Å². The summed E-state index contributed by atoms with van der Waals surface area (Å²) < 4.78 is 5.90. The number of benzene rings is 1. The summed E-state index contributed by atoms with van der Waals surface area (Å²) in [6, 6.07) is 5.95. The molecule has 0 spiro atoms. The lowest BCUT2D eigenvalue weighted by atomic mass is 10.1. The number of amides is 1. The highest BCUT2D eigenvalue weighted by Crippen LogP contribution is 2.24. The second kappa shape index (κ2) is 7.36. The molecule has 0 bridgehead atoms. The Morgan fingerprint density at radius 2 is 2.00 bits per heavy atom. The van der Waals surface area contributed by atoms with Crippen LogP contribution in [0.25, 0.3) is 0 Å². The van der Waals surface area contributed by atoms with Gasteiger partial charge in [0.15, 0.2) is 0 Å². The maximum Gasteiger partial charge on any atom is 0.234 e. The number of nitrogens with one attached hydrogen (secondary N) is 1. The van der Waals surface area contributed by atoms with Gasteiger partial charge in [-0.3, -0.25) is 4.79 Å². The maximum atomic E-state index is 11.2. The smallest absolute Gasteiger partial charge is 0.234 e. The molecule has 0 aliphatic heterocycles. The molecule has 1 rings (SSSR count). The number of carbonyl (C=O) groups excluding carboxylic acids is 1. The summed E-state index contributed by atoms with van der Waals surface area (Å²) in [6.45, 7) is 8.44. The quantitative estimate of drug-likeness (QED) is 0.891. The van der Waals surface area contributed by atoms with Crippen LogP contribution >= 0.6 is 12.4 Å². The average molecular weight is 287 g/mol. The van der Waals surface area contributed by atoms with Crippen molar-refractivity contribution in [2.45, 2.75) is 39.8 Å². The van der Waals surface area contributed by atoms with E-state index >= 15 is 0 Å². The third kappa shape index (κ3) is 6.45. The fourth-order valence-corrected chi connectivity index (χ4v) is 1.50. The van der Waals surface area contributed by atoms with E-state index in [1.54, 1.807) is 0 Å². The number of carbonyl (C=O) groups is 1. The fraction of sp³-hybridized carbons (Fsp3) is 0.500. The van der Waals surface area contributed by atoms with Crippen LogP contribution in [0.5, 0.6) is 5.75 Å². The van der Waals surface area contributed by atoms with Crippen LogP contribution in [0.3, 0.4) is 0 Å². The zero-order valence-electron chi connectivity index (χ0n) is 11.9. The van der Waals surface area contributed by atoms with E-state index in [0.717, 1.165) is 16.9 Å². The standard InChI is InChI=1S/C14H22N2O2.ClH/c1-10-5-6-11(9-16-13(17)8-15)12(7-10)18-14(2,3)4;/h5-7H,8-9,15H2,1-4H3,(H,16,17);1H. The lowest BCUT2D eigenvalue weighted by Crippen LogP contribution is -2.30. The van der Waals surface area contributed by atoms with Gasteiger partial charge in [0.05, 0.1) is 6.54 Å². The minimum Gasteiger partial charge on any atom is -0.488 e. The van der Waals surface area contributed by atoms with E-state index in [0.29, 0.717) is 6.54 Å². The van der Waals surface area contributed by atoms with Crippen LogP contribution in [0.4, 0.5) is 0 Å². The highest BCUT2D eigenvalue weighted by Gasteiger charge is 2.15. The molecule has 0 fully saturated rings. The first-order valence-corrected chi connectivity index (χ1v) is 6.07. The highest BCUT2D eigenvalue weighted by molar-refractivity contribution is 5.85. The van der Waals surface area contributed by atoms with Gasteiger partial charge in [-0.05, 0) is 39.3 Å². The summed E-state index contributed by atoms with van der Waals surface area (Å²) in [5, 5.41) is 2.75. The Bertz CT molecular complexity index is 428. The van der Waals surface area contributed by atoms with Gasteiger partial charge in [-0.15, -0.1) is 12.4 Å². The lowest BCUT2D eigenvalue weighted by molar-refractivity contribution is -0.119. The van der Waals surface area contributed by atoms with Crippen molar-refractivity contribution in [2.24, 2.45) is 5.73 Å². The Morgan fingerprint density at radius 3 is 2.53 bits per heavy atom. The van der Waals surface area contributed by atoms with Crippen LogP contribution in [0.15, 0.2) is 18.2 Å². The van der Waals surface area contributed by atoms with Crippen LogP contribution in [0.1, 0.15) is 31.9 Å². The van der Waals surface area contributed by atoms with Crippen molar-refractivity contribution >= 4 is 18.3 Å². The van der Waals surface area contributed by atoms with E-state index in [1.807, 2.05) is 45.9 Å². The van der Waals surface area contributed by atoms with Crippen molar-refractivity contribution in [2.75, 3.05) is 6.54 Å². The molecule has 1 amide bonds. The summed E-state index contributed by atoms with van der Waals surface area (Å²) in [5.74, 6) is 0.636. The summed E-state index contributed by atoms with van der Waals surface area (Å²) >= 11 is 0. The van der Waals surface area contributed by atoms with Crippen LogP contribution in [0.2, 0.25) is 0 Å². The maximum absolute atomic E-state index is 11.2. The van der Waals surface area contributed by atoms with Crippen molar-refractivity contribution in [3.05, 3.63) is 29.3 Å². The van der Waals surface area contributed by atoms with Crippen molar-refractivity contribution in [3.63, 3.8) is 0 Å². The minimum atomic E-state index is -0.263. The predicted molar refractivity (Wildman–Crippen MR) is 79.7 cm³/mol. The number of hydrogen-bond donors (Lipinski definition) is 2. The van der Waals surface area contributed by atoms with Crippen LogP contribution in [-0.2, 0) is 11.3 Å². The predicted octanol–water partition coefficient (Wildman–Crippen LogP) is 2.17. The summed E-state index contributed by atoms with van der Waals surface area (Å²) in [5.41, 5.74) is 7.08. The van der Waals surface area contributed by atoms with Crippen molar-refractivity contribution in [1.82, 2.24) is 5.32 Å². The number of hydrogen-bond acceptors (Lipinski definition) is 3. The zero-order valence-corrected chi connectivity index (χ0v) is 12.8. The molecule has 0 aliphatic carbocycles. The van der Waals surface area contributed by atoms with Gasteiger partial charge in [0, 0.05) is 12.1 Å². The Labute approximate surface area is 121 Å². The molecule has 1 aromatic rings. The molecule has 0 heterocycles. The second-order valence-electron chi connectivity index (χ2n) is 5.31. The first-order chi connectivity index (χ1) is 8.31. The molecular weight excluding hydrogens is 264 g/mol. The molecule has 0 saturated heterocycles. The van der Waals surface area contributed by atoms with Crippen molar-refractivity contribution in [1.29, 1.82) is 0 Å². The average Bonchev–Trinajstić information content (AvgIpc) is 2.25. The third-order valence-corrected chi connectivity index (χ3v) is 2.30. The molecule has 0 aliphatic rings. The molecule has 0 aromatic heterocycles. The molecular formula is C14H23ClN2O2. The molecule has 0 radical (unpaired) electrons. The molecule has 108 valence electrons. The van der Waals surface area contributed by atoms with Gasteiger partial charge in [0.1, 0.15) is 11.4 Å². The lowest BCUT2D eigenvalue weighted by Gasteiger charge is -2.23. The Kier molecular flexibility index (Phi) is 6.87. The molecule has 3 N–H and O–H groups in total. The van der Waals surface area contributed by atoms with Gasteiger partial charge in [-0.25, -0.2) is 0 Å². The monoisotopic (exact) mass is 286 g/mol. The SMILES string of the molecule is Cc1ccc(CNC(=O)CN)c(OC(C)(C)C)c1.Cl. The van der Waals surface area contributed by atoms with E-state index < -0.39 is 0 Å². The largest absolute Gasteiger partial charge is 0.488 e. The number of aryl methyl sites for hydroxylation is 1.